The van der Waals surface area contributed by atoms with Gasteiger partial charge in [-0.25, -0.2) is 4.79 Å². The number of nitrogens with zero attached hydrogens (tertiary/aromatic N) is 1. The van der Waals surface area contributed by atoms with Crippen molar-refractivity contribution in [1.82, 2.24) is 15.5 Å². The number of fused-ring (bicyclic) bond motifs is 2. The summed E-state index contributed by atoms with van der Waals surface area (Å²) in [5, 5.41) is 7.85. The van der Waals surface area contributed by atoms with Gasteiger partial charge >= 0.3 is 6.03 Å². The highest BCUT2D eigenvalue weighted by atomic mass is 32.1. The van der Waals surface area contributed by atoms with Gasteiger partial charge in [0.15, 0.2) is 0 Å². The number of aryl methyl sites for hydroxylation is 1. The first-order valence-corrected chi connectivity index (χ1v) is 11.0. The Kier molecular flexibility index (Phi) is 5.41. The minimum atomic E-state index is -1.01. The number of thiophene rings is 1. The molecule has 1 spiro atoms. The topological polar surface area (TPSA) is 78.5 Å². The summed E-state index contributed by atoms with van der Waals surface area (Å²) < 4.78 is 0. The van der Waals surface area contributed by atoms with E-state index in [4.69, 9.17) is 0 Å². The number of carbonyl (C=O) groups excluding carboxylic acids is 3. The Morgan fingerprint density at radius 2 is 2.07 bits per heavy atom. The van der Waals surface area contributed by atoms with Gasteiger partial charge in [0.05, 0.1) is 6.04 Å². The minimum absolute atomic E-state index is 0.137. The molecule has 0 bridgehead atoms. The highest BCUT2D eigenvalue weighted by Crippen LogP contribution is 2.42. The highest BCUT2D eigenvalue weighted by Gasteiger charge is 2.54. The van der Waals surface area contributed by atoms with Crippen molar-refractivity contribution in [2.75, 3.05) is 6.54 Å². The van der Waals surface area contributed by atoms with E-state index in [1.54, 1.807) is 11.3 Å². The summed E-state index contributed by atoms with van der Waals surface area (Å²) in [5.41, 5.74) is 0.905. The maximum absolute atomic E-state index is 13.2. The normalized spacial score (nSPS) is 21.8. The second-order valence-electron chi connectivity index (χ2n) is 7.66. The van der Waals surface area contributed by atoms with Crippen molar-refractivity contribution in [2.45, 2.75) is 50.6 Å². The van der Waals surface area contributed by atoms with Crippen molar-refractivity contribution >= 4 is 29.2 Å². The fourth-order valence-corrected chi connectivity index (χ4v) is 5.36. The van der Waals surface area contributed by atoms with E-state index < -0.39 is 11.6 Å². The van der Waals surface area contributed by atoms with Gasteiger partial charge in [-0.2, -0.15) is 0 Å². The molecule has 152 valence electrons. The van der Waals surface area contributed by atoms with Crippen LogP contribution in [0.1, 0.15) is 54.7 Å². The largest absolute Gasteiger partial charge is 0.348 e. The molecule has 2 heterocycles. The van der Waals surface area contributed by atoms with E-state index in [2.05, 4.69) is 17.6 Å². The first-order valence-electron chi connectivity index (χ1n) is 10.1. The number of hydrogen-bond donors (Lipinski definition) is 2. The predicted molar refractivity (Wildman–Crippen MR) is 111 cm³/mol. The second kappa shape index (κ2) is 7.99. The molecule has 6 nitrogen and oxygen atoms in total. The summed E-state index contributed by atoms with van der Waals surface area (Å²) >= 11 is 1.61. The summed E-state index contributed by atoms with van der Waals surface area (Å²) in [4.78, 5) is 40.8. The highest BCUT2D eigenvalue weighted by molar-refractivity contribution is 7.10. The molecule has 1 aromatic carbocycles. The van der Waals surface area contributed by atoms with Crippen molar-refractivity contribution in [3.05, 3.63) is 57.8 Å². The lowest BCUT2D eigenvalue weighted by atomic mass is 9.80. The standard InChI is InChI=1S/C22H25N3O3S/c1-2-7-17(15-8-4-3-5-9-15)23-19(26)14-25-20(27)22(24-21(25)28)12-6-10-18-16(22)11-13-29-18/h3-5,8-9,11,13,17H,2,6-7,10,12,14H2,1H3,(H,23,26)(H,24,28)/t17-,22+/m0/s1. The Labute approximate surface area is 174 Å². The van der Waals surface area contributed by atoms with Crippen molar-refractivity contribution in [1.29, 1.82) is 0 Å². The lowest BCUT2D eigenvalue weighted by Crippen LogP contribution is -2.47. The molecule has 2 N–H and O–H groups in total. The Bertz CT molecular complexity index is 926. The maximum atomic E-state index is 13.2. The molecule has 7 heteroatoms. The first-order chi connectivity index (χ1) is 14.0. The van der Waals surface area contributed by atoms with Crippen molar-refractivity contribution < 1.29 is 14.4 Å². The van der Waals surface area contributed by atoms with Gasteiger partial charge in [0.25, 0.3) is 5.91 Å². The van der Waals surface area contributed by atoms with Gasteiger partial charge in [0.2, 0.25) is 5.91 Å². The van der Waals surface area contributed by atoms with Crippen LogP contribution in [0.5, 0.6) is 0 Å². The summed E-state index contributed by atoms with van der Waals surface area (Å²) in [6.45, 7) is 1.80. The molecule has 2 aromatic rings. The molecule has 0 unspecified atom stereocenters. The summed E-state index contributed by atoms with van der Waals surface area (Å²) in [6, 6.07) is 11.1. The lowest BCUT2D eigenvalue weighted by Gasteiger charge is -2.31. The SMILES string of the molecule is CCC[C@H](NC(=O)CN1C(=O)N[C@@]2(CCCc3sccc32)C1=O)c1ccccc1. The van der Waals surface area contributed by atoms with E-state index in [1.807, 2.05) is 41.8 Å². The van der Waals surface area contributed by atoms with Crippen LogP contribution < -0.4 is 10.6 Å². The zero-order valence-corrected chi connectivity index (χ0v) is 17.3. The number of hydrogen-bond acceptors (Lipinski definition) is 4. The average Bonchev–Trinajstić information content (AvgIpc) is 3.29. The van der Waals surface area contributed by atoms with Gasteiger partial charge in [0.1, 0.15) is 12.1 Å². The molecule has 0 radical (unpaired) electrons. The number of rotatable bonds is 6. The molecule has 2 aliphatic rings. The molecule has 1 aromatic heterocycles. The zero-order valence-electron chi connectivity index (χ0n) is 16.4. The molecule has 2 atom stereocenters. The van der Waals surface area contributed by atoms with Gasteiger partial charge < -0.3 is 10.6 Å². The van der Waals surface area contributed by atoms with E-state index in [0.717, 1.165) is 46.6 Å². The van der Waals surface area contributed by atoms with Crippen LogP contribution in [0, 0.1) is 0 Å². The first kappa shape index (κ1) is 19.6. The van der Waals surface area contributed by atoms with E-state index in [1.165, 1.54) is 0 Å². The maximum Gasteiger partial charge on any atom is 0.325 e. The Balaban J connectivity index is 1.49. The number of carbonyl (C=O) groups is 3. The smallest absolute Gasteiger partial charge is 0.325 e. The van der Waals surface area contributed by atoms with Crippen molar-refractivity contribution in [2.24, 2.45) is 0 Å². The molecular formula is C22H25N3O3S. The lowest BCUT2D eigenvalue weighted by molar-refractivity contribution is -0.135. The van der Waals surface area contributed by atoms with Crippen LogP contribution in [0.2, 0.25) is 0 Å². The minimum Gasteiger partial charge on any atom is -0.348 e. The van der Waals surface area contributed by atoms with Crippen LogP contribution >= 0.6 is 11.3 Å². The summed E-state index contributed by atoms with van der Waals surface area (Å²) in [5.74, 6) is -0.641. The van der Waals surface area contributed by atoms with Crippen LogP contribution in [0.3, 0.4) is 0 Å². The number of amides is 4. The summed E-state index contributed by atoms with van der Waals surface area (Å²) in [6.07, 6.45) is 4.04. The number of urea groups is 1. The van der Waals surface area contributed by atoms with Crippen LogP contribution in [0.4, 0.5) is 4.79 Å². The van der Waals surface area contributed by atoms with E-state index in [-0.39, 0.29) is 24.4 Å². The Morgan fingerprint density at radius 1 is 1.28 bits per heavy atom. The molecule has 4 amide bonds. The van der Waals surface area contributed by atoms with Crippen LogP contribution in [0.15, 0.2) is 41.8 Å². The molecule has 1 aliphatic heterocycles. The molecule has 4 rings (SSSR count). The third-order valence-corrected chi connectivity index (χ3v) is 6.73. The van der Waals surface area contributed by atoms with Gasteiger partial charge in [-0.3, -0.25) is 14.5 Å². The van der Waals surface area contributed by atoms with Crippen LogP contribution in [-0.2, 0) is 21.5 Å². The van der Waals surface area contributed by atoms with Gasteiger partial charge in [-0.05, 0) is 42.7 Å². The third-order valence-electron chi connectivity index (χ3n) is 5.75. The molecule has 1 saturated heterocycles. The second-order valence-corrected chi connectivity index (χ2v) is 8.66. The zero-order chi connectivity index (χ0) is 20.4. The van der Waals surface area contributed by atoms with Crippen molar-refractivity contribution in [3.8, 4) is 0 Å². The van der Waals surface area contributed by atoms with Crippen LogP contribution in [-0.4, -0.2) is 29.3 Å². The summed E-state index contributed by atoms with van der Waals surface area (Å²) in [7, 11) is 0. The average molecular weight is 412 g/mol. The van der Waals surface area contributed by atoms with Gasteiger partial charge in [-0.15, -0.1) is 11.3 Å². The quantitative estimate of drug-likeness (QED) is 0.714. The molecular weight excluding hydrogens is 386 g/mol. The molecule has 1 fully saturated rings. The third kappa shape index (κ3) is 3.55. The Hall–Kier alpha value is -2.67. The fourth-order valence-electron chi connectivity index (χ4n) is 4.36. The molecule has 29 heavy (non-hydrogen) atoms. The monoisotopic (exact) mass is 411 g/mol. The van der Waals surface area contributed by atoms with E-state index >= 15 is 0 Å². The van der Waals surface area contributed by atoms with E-state index in [0.29, 0.717) is 6.42 Å². The predicted octanol–water partition coefficient (Wildman–Crippen LogP) is 3.49. The van der Waals surface area contributed by atoms with E-state index in [9.17, 15) is 14.4 Å². The number of nitrogens with one attached hydrogen (secondary N) is 2. The van der Waals surface area contributed by atoms with Gasteiger partial charge in [-0.1, -0.05) is 43.7 Å². The Morgan fingerprint density at radius 3 is 2.83 bits per heavy atom. The number of imide groups is 1. The molecule has 0 saturated carbocycles. The van der Waals surface area contributed by atoms with Crippen molar-refractivity contribution in [3.63, 3.8) is 0 Å². The fraction of sp³-hybridized carbons (Fsp3) is 0.409. The molecule has 1 aliphatic carbocycles. The van der Waals surface area contributed by atoms with Crippen LogP contribution in [0.25, 0.3) is 0 Å². The van der Waals surface area contributed by atoms with Gasteiger partial charge in [0, 0.05) is 10.4 Å². The number of benzene rings is 1.